The van der Waals surface area contributed by atoms with E-state index in [9.17, 15) is 0 Å². The SMILES string of the molecule is CCCN(CCc1ccco1)C(C)C1CCCc2cc(OC)ccc21. The summed E-state index contributed by atoms with van der Waals surface area (Å²) in [6.07, 6.45) is 7.67. The summed E-state index contributed by atoms with van der Waals surface area (Å²) in [6, 6.07) is 11.3. The van der Waals surface area contributed by atoms with Crippen molar-refractivity contribution in [3.05, 3.63) is 53.5 Å². The zero-order chi connectivity index (χ0) is 17.6. The fraction of sp³-hybridized carbons (Fsp3) is 0.545. The molecule has 2 atom stereocenters. The van der Waals surface area contributed by atoms with Crippen molar-refractivity contribution in [1.29, 1.82) is 0 Å². The molecule has 0 spiro atoms. The van der Waals surface area contributed by atoms with Crippen molar-refractivity contribution >= 4 is 0 Å². The normalized spacial score (nSPS) is 18.2. The fourth-order valence-electron chi connectivity index (χ4n) is 4.23. The van der Waals surface area contributed by atoms with Crippen LogP contribution in [-0.2, 0) is 12.8 Å². The molecule has 0 bridgehead atoms. The summed E-state index contributed by atoms with van der Waals surface area (Å²) >= 11 is 0. The van der Waals surface area contributed by atoms with Gasteiger partial charge in [0.25, 0.3) is 0 Å². The van der Waals surface area contributed by atoms with Gasteiger partial charge in [0.15, 0.2) is 0 Å². The van der Waals surface area contributed by atoms with E-state index in [1.807, 2.05) is 6.07 Å². The predicted octanol–water partition coefficient (Wildman–Crippen LogP) is 5.05. The van der Waals surface area contributed by atoms with E-state index in [1.165, 1.54) is 36.8 Å². The number of methoxy groups -OCH3 is 1. The summed E-state index contributed by atoms with van der Waals surface area (Å²) < 4.78 is 10.9. The molecule has 1 aromatic heterocycles. The number of rotatable bonds is 8. The van der Waals surface area contributed by atoms with Crippen LogP contribution in [0.2, 0.25) is 0 Å². The maximum absolute atomic E-state index is 5.53. The number of ether oxygens (including phenoxy) is 1. The first-order valence-corrected chi connectivity index (χ1v) is 9.66. The topological polar surface area (TPSA) is 25.6 Å². The van der Waals surface area contributed by atoms with Gasteiger partial charge in [-0.2, -0.15) is 0 Å². The molecular formula is C22H31NO2. The van der Waals surface area contributed by atoms with Crippen molar-refractivity contribution in [2.24, 2.45) is 0 Å². The van der Waals surface area contributed by atoms with Gasteiger partial charge in [-0.25, -0.2) is 0 Å². The van der Waals surface area contributed by atoms with E-state index in [0.29, 0.717) is 12.0 Å². The third-order valence-electron chi connectivity index (χ3n) is 5.61. The van der Waals surface area contributed by atoms with Crippen LogP contribution in [-0.4, -0.2) is 31.1 Å². The highest BCUT2D eigenvalue weighted by molar-refractivity contribution is 5.40. The molecule has 136 valence electrons. The molecule has 3 heteroatoms. The molecule has 3 nitrogen and oxygen atoms in total. The van der Waals surface area contributed by atoms with Crippen LogP contribution in [0.5, 0.6) is 5.75 Å². The Morgan fingerprint density at radius 1 is 1.28 bits per heavy atom. The molecule has 0 fully saturated rings. The van der Waals surface area contributed by atoms with E-state index in [4.69, 9.17) is 9.15 Å². The van der Waals surface area contributed by atoms with Gasteiger partial charge >= 0.3 is 0 Å². The predicted molar refractivity (Wildman–Crippen MR) is 102 cm³/mol. The van der Waals surface area contributed by atoms with Gasteiger partial charge in [0, 0.05) is 19.0 Å². The summed E-state index contributed by atoms with van der Waals surface area (Å²) in [7, 11) is 1.75. The van der Waals surface area contributed by atoms with Crippen molar-refractivity contribution in [3.8, 4) is 5.75 Å². The monoisotopic (exact) mass is 341 g/mol. The summed E-state index contributed by atoms with van der Waals surface area (Å²) in [4.78, 5) is 2.65. The molecule has 0 saturated carbocycles. The van der Waals surface area contributed by atoms with E-state index in [1.54, 1.807) is 13.4 Å². The maximum Gasteiger partial charge on any atom is 0.119 e. The molecule has 2 aromatic rings. The van der Waals surface area contributed by atoms with Gasteiger partial charge in [-0.1, -0.05) is 13.0 Å². The first kappa shape index (κ1) is 18.1. The van der Waals surface area contributed by atoms with Crippen LogP contribution in [0.4, 0.5) is 0 Å². The van der Waals surface area contributed by atoms with Crippen molar-refractivity contribution in [2.45, 2.75) is 57.9 Å². The molecule has 2 unspecified atom stereocenters. The number of nitrogens with zero attached hydrogens (tertiary/aromatic N) is 1. The van der Waals surface area contributed by atoms with Crippen LogP contribution >= 0.6 is 0 Å². The smallest absolute Gasteiger partial charge is 0.119 e. The third kappa shape index (κ3) is 4.27. The third-order valence-corrected chi connectivity index (χ3v) is 5.61. The lowest BCUT2D eigenvalue weighted by Gasteiger charge is -2.38. The Bertz CT molecular complexity index is 650. The number of benzene rings is 1. The second kappa shape index (κ2) is 8.57. The van der Waals surface area contributed by atoms with E-state index < -0.39 is 0 Å². The molecule has 1 aromatic carbocycles. The van der Waals surface area contributed by atoms with Crippen molar-refractivity contribution < 1.29 is 9.15 Å². The minimum Gasteiger partial charge on any atom is -0.497 e. The van der Waals surface area contributed by atoms with Crippen molar-refractivity contribution in [3.63, 3.8) is 0 Å². The number of fused-ring (bicyclic) bond motifs is 1. The molecule has 1 heterocycles. The van der Waals surface area contributed by atoms with Crippen LogP contribution in [0.1, 0.15) is 55.9 Å². The molecule has 1 aliphatic carbocycles. The average molecular weight is 341 g/mol. The molecule has 0 radical (unpaired) electrons. The lowest BCUT2D eigenvalue weighted by Crippen LogP contribution is -2.40. The quantitative estimate of drug-likeness (QED) is 0.672. The molecule has 25 heavy (non-hydrogen) atoms. The van der Waals surface area contributed by atoms with Gasteiger partial charge in [-0.3, -0.25) is 4.90 Å². The Morgan fingerprint density at radius 2 is 2.16 bits per heavy atom. The molecule has 0 N–H and O–H groups in total. The molecule has 3 rings (SSSR count). The molecule has 0 saturated heterocycles. The summed E-state index contributed by atoms with van der Waals surface area (Å²) in [5.74, 6) is 2.68. The summed E-state index contributed by atoms with van der Waals surface area (Å²) in [6.45, 7) is 6.88. The van der Waals surface area contributed by atoms with Crippen LogP contribution in [0.25, 0.3) is 0 Å². The van der Waals surface area contributed by atoms with Crippen LogP contribution < -0.4 is 4.74 Å². The van der Waals surface area contributed by atoms with Gasteiger partial charge in [0.05, 0.1) is 13.4 Å². The second-order valence-corrected chi connectivity index (χ2v) is 7.17. The minimum atomic E-state index is 0.544. The zero-order valence-electron chi connectivity index (χ0n) is 15.8. The number of hydrogen-bond donors (Lipinski definition) is 0. The molecule has 0 amide bonds. The number of aryl methyl sites for hydroxylation is 1. The zero-order valence-corrected chi connectivity index (χ0v) is 15.8. The fourth-order valence-corrected chi connectivity index (χ4v) is 4.23. The van der Waals surface area contributed by atoms with Gasteiger partial charge in [-0.15, -0.1) is 0 Å². The molecular weight excluding hydrogens is 310 g/mol. The lowest BCUT2D eigenvalue weighted by molar-refractivity contribution is 0.173. The second-order valence-electron chi connectivity index (χ2n) is 7.17. The van der Waals surface area contributed by atoms with Gasteiger partial charge in [0.2, 0.25) is 0 Å². The average Bonchev–Trinajstić information content (AvgIpc) is 3.17. The van der Waals surface area contributed by atoms with Gasteiger partial charge < -0.3 is 9.15 Å². The Kier molecular flexibility index (Phi) is 6.19. The Morgan fingerprint density at radius 3 is 2.88 bits per heavy atom. The van der Waals surface area contributed by atoms with Gasteiger partial charge in [-0.05, 0) is 80.5 Å². The molecule has 0 aliphatic heterocycles. The maximum atomic E-state index is 5.53. The summed E-state index contributed by atoms with van der Waals surface area (Å²) in [5, 5.41) is 0. The standard InChI is InChI=1S/C22H31NO2/c1-4-13-23(14-12-19-8-6-15-25-19)17(2)21-9-5-7-18-16-20(24-3)10-11-22(18)21/h6,8,10-11,15-17,21H,4-5,7,9,12-14H2,1-3H3. The Labute approximate surface area is 152 Å². The number of furan rings is 1. The highest BCUT2D eigenvalue weighted by Crippen LogP contribution is 2.37. The highest BCUT2D eigenvalue weighted by Gasteiger charge is 2.29. The molecule has 1 aliphatic rings. The van der Waals surface area contributed by atoms with Crippen molar-refractivity contribution in [2.75, 3.05) is 20.2 Å². The van der Waals surface area contributed by atoms with E-state index in [0.717, 1.165) is 31.0 Å². The summed E-state index contributed by atoms with van der Waals surface area (Å²) in [5.41, 5.74) is 3.00. The largest absolute Gasteiger partial charge is 0.497 e. The Hall–Kier alpha value is -1.74. The van der Waals surface area contributed by atoms with Crippen LogP contribution in [0.3, 0.4) is 0 Å². The van der Waals surface area contributed by atoms with E-state index >= 15 is 0 Å². The van der Waals surface area contributed by atoms with Crippen molar-refractivity contribution in [1.82, 2.24) is 4.90 Å². The first-order chi connectivity index (χ1) is 12.2. The first-order valence-electron chi connectivity index (χ1n) is 9.66. The Balaban J connectivity index is 1.74. The minimum absolute atomic E-state index is 0.544. The van der Waals surface area contributed by atoms with Crippen LogP contribution in [0.15, 0.2) is 41.0 Å². The van der Waals surface area contributed by atoms with Crippen LogP contribution in [0, 0.1) is 0 Å². The van der Waals surface area contributed by atoms with E-state index in [2.05, 4.69) is 43.0 Å². The highest BCUT2D eigenvalue weighted by atomic mass is 16.5. The number of hydrogen-bond acceptors (Lipinski definition) is 3. The lowest BCUT2D eigenvalue weighted by atomic mass is 9.78. The van der Waals surface area contributed by atoms with E-state index in [-0.39, 0.29) is 0 Å². The van der Waals surface area contributed by atoms with Gasteiger partial charge in [0.1, 0.15) is 11.5 Å².